The van der Waals surface area contributed by atoms with Gasteiger partial charge in [0.15, 0.2) is 0 Å². The van der Waals surface area contributed by atoms with Crippen LogP contribution in [0.5, 0.6) is 0 Å². The maximum absolute atomic E-state index is 12.9. The summed E-state index contributed by atoms with van der Waals surface area (Å²) in [4.78, 5) is 10.7. The van der Waals surface area contributed by atoms with Crippen molar-refractivity contribution in [1.82, 2.24) is 4.72 Å². The normalized spacial score (nSPS) is 13.2. The van der Waals surface area contributed by atoms with Crippen LogP contribution in [0, 0.1) is 5.82 Å². The Balaban J connectivity index is 3.06. The van der Waals surface area contributed by atoms with Gasteiger partial charge in [-0.15, -0.1) is 0 Å². The summed E-state index contributed by atoms with van der Waals surface area (Å²) < 4.78 is 39.1. The second-order valence-corrected chi connectivity index (χ2v) is 6.41. The largest absolute Gasteiger partial charge is 0.480 e. The Labute approximate surface area is 119 Å². The standard InChI is InChI=1S/C11H13BrFNO4S/c1-2-3-9(11(15)16)14-19(17,18)10-5-4-7(13)6-8(10)12/h4-6,9,14H,2-3H2,1H3,(H,15,16)/t9-/m1/s1. The third-order valence-corrected chi connectivity index (χ3v) is 4.80. The summed E-state index contributed by atoms with van der Waals surface area (Å²) in [6.45, 7) is 1.75. The molecular weight excluding hydrogens is 341 g/mol. The first-order valence-corrected chi connectivity index (χ1v) is 7.75. The number of carboxylic acid groups (broad SMARTS) is 1. The highest BCUT2D eigenvalue weighted by atomic mass is 79.9. The van der Waals surface area contributed by atoms with Crippen molar-refractivity contribution in [3.8, 4) is 0 Å². The summed E-state index contributed by atoms with van der Waals surface area (Å²) in [6.07, 6.45) is 0.692. The lowest BCUT2D eigenvalue weighted by Gasteiger charge is -2.14. The zero-order valence-corrected chi connectivity index (χ0v) is 12.5. The van der Waals surface area contributed by atoms with E-state index >= 15 is 0 Å². The molecule has 0 bridgehead atoms. The molecule has 0 amide bonds. The Hall–Kier alpha value is -0.990. The Morgan fingerprint density at radius 3 is 2.63 bits per heavy atom. The van der Waals surface area contributed by atoms with E-state index in [1.54, 1.807) is 6.92 Å². The molecule has 0 aromatic heterocycles. The first-order chi connectivity index (χ1) is 8.77. The van der Waals surface area contributed by atoms with Gasteiger partial charge in [-0.3, -0.25) is 4.79 Å². The third-order valence-electron chi connectivity index (χ3n) is 2.36. The van der Waals surface area contributed by atoms with Gasteiger partial charge in [-0.1, -0.05) is 13.3 Å². The van der Waals surface area contributed by atoms with Crippen LogP contribution in [-0.2, 0) is 14.8 Å². The van der Waals surface area contributed by atoms with E-state index in [-0.39, 0.29) is 15.8 Å². The third kappa shape index (κ3) is 4.26. The molecule has 1 rings (SSSR count). The molecular formula is C11H13BrFNO4S. The molecule has 1 aromatic rings. The van der Waals surface area contributed by atoms with Gasteiger partial charge in [-0.05, 0) is 40.5 Å². The van der Waals surface area contributed by atoms with Gasteiger partial charge in [0.1, 0.15) is 11.9 Å². The number of nitrogens with one attached hydrogen (secondary N) is 1. The summed E-state index contributed by atoms with van der Waals surface area (Å²) in [5.74, 6) is -1.84. The van der Waals surface area contributed by atoms with Crippen LogP contribution in [0.15, 0.2) is 27.6 Å². The maximum Gasteiger partial charge on any atom is 0.321 e. The molecule has 0 heterocycles. The molecule has 0 saturated heterocycles. The average Bonchev–Trinajstić information content (AvgIpc) is 2.27. The number of carbonyl (C=O) groups is 1. The van der Waals surface area contributed by atoms with Crippen LogP contribution in [0.1, 0.15) is 19.8 Å². The predicted molar refractivity (Wildman–Crippen MR) is 70.8 cm³/mol. The summed E-state index contributed by atoms with van der Waals surface area (Å²) in [6, 6.07) is 1.87. The topological polar surface area (TPSA) is 83.5 Å². The minimum atomic E-state index is -4.02. The quantitative estimate of drug-likeness (QED) is 0.820. The summed E-state index contributed by atoms with van der Waals surface area (Å²) in [5, 5.41) is 8.93. The van der Waals surface area contributed by atoms with Crippen LogP contribution < -0.4 is 4.72 Å². The van der Waals surface area contributed by atoms with Gasteiger partial charge >= 0.3 is 5.97 Å². The summed E-state index contributed by atoms with van der Waals surface area (Å²) in [7, 11) is -4.02. The molecule has 8 heteroatoms. The molecule has 2 N–H and O–H groups in total. The van der Waals surface area contributed by atoms with Crippen molar-refractivity contribution < 1.29 is 22.7 Å². The number of halogens is 2. The number of hydrogen-bond donors (Lipinski definition) is 2. The molecule has 0 fully saturated rings. The van der Waals surface area contributed by atoms with E-state index in [1.807, 2.05) is 0 Å². The van der Waals surface area contributed by atoms with Gasteiger partial charge in [-0.2, -0.15) is 4.72 Å². The SMILES string of the molecule is CCC[C@@H](NS(=O)(=O)c1ccc(F)cc1Br)C(=O)O. The lowest BCUT2D eigenvalue weighted by molar-refractivity contribution is -0.139. The predicted octanol–water partition coefficient (Wildman–Crippen LogP) is 2.12. The second kappa shape index (κ2) is 6.44. The average molecular weight is 354 g/mol. The summed E-state index contributed by atoms with van der Waals surface area (Å²) >= 11 is 2.94. The van der Waals surface area contributed by atoms with Crippen molar-refractivity contribution in [2.75, 3.05) is 0 Å². The van der Waals surface area contributed by atoms with Crippen LogP contribution in [0.25, 0.3) is 0 Å². The van der Waals surface area contributed by atoms with Crippen LogP contribution in [0.3, 0.4) is 0 Å². The fourth-order valence-corrected chi connectivity index (χ4v) is 3.74. The Bertz CT molecular complexity index is 576. The number of rotatable bonds is 6. The Morgan fingerprint density at radius 2 is 2.16 bits per heavy atom. The lowest BCUT2D eigenvalue weighted by Crippen LogP contribution is -2.40. The van der Waals surface area contributed by atoms with E-state index in [2.05, 4.69) is 20.7 Å². The van der Waals surface area contributed by atoms with Gasteiger partial charge in [0.2, 0.25) is 10.0 Å². The van der Waals surface area contributed by atoms with E-state index in [1.165, 1.54) is 0 Å². The Morgan fingerprint density at radius 1 is 1.53 bits per heavy atom. The van der Waals surface area contributed by atoms with Crippen molar-refractivity contribution in [1.29, 1.82) is 0 Å². The molecule has 1 aromatic carbocycles. The van der Waals surface area contributed by atoms with Crippen molar-refractivity contribution in [3.63, 3.8) is 0 Å². The fraction of sp³-hybridized carbons (Fsp3) is 0.364. The minimum Gasteiger partial charge on any atom is -0.480 e. The van der Waals surface area contributed by atoms with E-state index in [4.69, 9.17) is 5.11 Å². The number of carboxylic acids is 1. The lowest BCUT2D eigenvalue weighted by atomic mass is 10.2. The highest BCUT2D eigenvalue weighted by molar-refractivity contribution is 9.10. The van der Waals surface area contributed by atoms with Crippen LogP contribution in [0.2, 0.25) is 0 Å². The van der Waals surface area contributed by atoms with Gasteiger partial charge in [-0.25, -0.2) is 12.8 Å². The van der Waals surface area contributed by atoms with Crippen molar-refractivity contribution in [3.05, 3.63) is 28.5 Å². The number of sulfonamides is 1. The highest BCUT2D eigenvalue weighted by Gasteiger charge is 2.26. The minimum absolute atomic E-state index is 0.0423. The molecule has 0 saturated carbocycles. The highest BCUT2D eigenvalue weighted by Crippen LogP contribution is 2.23. The molecule has 0 aliphatic carbocycles. The molecule has 106 valence electrons. The van der Waals surface area contributed by atoms with Gasteiger partial charge in [0.25, 0.3) is 0 Å². The zero-order chi connectivity index (χ0) is 14.6. The summed E-state index contributed by atoms with van der Waals surface area (Å²) in [5.41, 5.74) is 0. The monoisotopic (exact) mass is 353 g/mol. The second-order valence-electron chi connectivity index (χ2n) is 3.88. The molecule has 0 unspecified atom stereocenters. The number of aliphatic carboxylic acids is 1. The van der Waals surface area contributed by atoms with Gasteiger partial charge < -0.3 is 5.11 Å². The fourth-order valence-electron chi connectivity index (χ4n) is 1.47. The molecule has 1 atom stereocenters. The van der Waals surface area contributed by atoms with E-state index < -0.39 is 27.9 Å². The molecule has 0 radical (unpaired) electrons. The van der Waals surface area contributed by atoms with Crippen LogP contribution in [-0.4, -0.2) is 25.5 Å². The first kappa shape index (κ1) is 16.1. The smallest absolute Gasteiger partial charge is 0.321 e. The molecule has 19 heavy (non-hydrogen) atoms. The zero-order valence-electron chi connectivity index (χ0n) is 10.1. The van der Waals surface area contributed by atoms with E-state index in [9.17, 15) is 17.6 Å². The molecule has 5 nitrogen and oxygen atoms in total. The van der Waals surface area contributed by atoms with Gasteiger partial charge in [0.05, 0.1) is 4.90 Å². The Kier molecular flexibility index (Phi) is 5.45. The van der Waals surface area contributed by atoms with E-state index in [0.717, 1.165) is 18.2 Å². The molecule has 0 aliphatic rings. The van der Waals surface area contributed by atoms with Crippen molar-refractivity contribution in [2.45, 2.75) is 30.7 Å². The van der Waals surface area contributed by atoms with Crippen LogP contribution in [0.4, 0.5) is 4.39 Å². The van der Waals surface area contributed by atoms with Crippen molar-refractivity contribution in [2.24, 2.45) is 0 Å². The van der Waals surface area contributed by atoms with Crippen LogP contribution >= 0.6 is 15.9 Å². The molecule has 0 aliphatic heterocycles. The first-order valence-electron chi connectivity index (χ1n) is 5.48. The van der Waals surface area contributed by atoms with Crippen molar-refractivity contribution >= 4 is 31.9 Å². The number of benzene rings is 1. The van der Waals surface area contributed by atoms with Gasteiger partial charge in [0, 0.05) is 4.47 Å². The van der Waals surface area contributed by atoms with E-state index in [0.29, 0.717) is 6.42 Å². The maximum atomic E-state index is 12.9. The molecule has 0 spiro atoms. The number of hydrogen-bond acceptors (Lipinski definition) is 3.